The molecule has 19 heavy (non-hydrogen) atoms. The topological polar surface area (TPSA) is 71.8 Å². The summed E-state index contributed by atoms with van der Waals surface area (Å²) in [6, 6.07) is 0. The van der Waals surface area contributed by atoms with E-state index in [1.54, 1.807) is 6.92 Å². The van der Waals surface area contributed by atoms with Crippen LogP contribution >= 0.6 is 15.9 Å². The number of hydrogen-bond donors (Lipinski definition) is 1. The maximum Gasteiger partial charge on any atom is 0.265 e. The van der Waals surface area contributed by atoms with E-state index < -0.39 is 0 Å². The van der Waals surface area contributed by atoms with Crippen LogP contribution in [0, 0.1) is 19.8 Å². The Labute approximate surface area is 119 Å². The second kappa shape index (κ2) is 5.28. The van der Waals surface area contributed by atoms with Gasteiger partial charge in [-0.05, 0) is 42.1 Å². The molecule has 0 amide bonds. The van der Waals surface area contributed by atoms with Crippen molar-refractivity contribution in [2.45, 2.75) is 34.1 Å². The summed E-state index contributed by atoms with van der Waals surface area (Å²) in [5, 5.41) is 3.89. The first-order chi connectivity index (χ1) is 8.90. The van der Waals surface area contributed by atoms with Crippen LogP contribution < -0.4 is 5.56 Å². The van der Waals surface area contributed by atoms with Crippen molar-refractivity contribution in [3.8, 4) is 11.4 Å². The van der Waals surface area contributed by atoms with Gasteiger partial charge in [0.2, 0.25) is 0 Å². The molecule has 0 aliphatic carbocycles. The molecule has 0 atom stereocenters. The molecular weight excluding hydrogens is 310 g/mol. The van der Waals surface area contributed by atoms with Crippen LogP contribution in [0.4, 0.5) is 0 Å². The van der Waals surface area contributed by atoms with Crippen molar-refractivity contribution in [3.05, 3.63) is 32.0 Å². The molecule has 0 aliphatic rings. The smallest absolute Gasteiger partial charge is 0.265 e. The zero-order valence-electron chi connectivity index (χ0n) is 11.4. The molecule has 0 bridgehead atoms. The summed E-state index contributed by atoms with van der Waals surface area (Å²) in [4.78, 5) is 19.3. The Morgan fingerprint density at radius 1 is 1.37 bits per heavy atom. The van der Waals surface area contributed by atoms with E-state index in [-0.39, 0.29) is 5.56 Å². The third kappa shape index (κ3) is 2.78. The van der Waals surface area contributed by atoms with Crippen LogP contribution in [-0.2, 0) is 6.42 Å². The number of halogens is 1. The normalized spacial score (nSPS) is 11.3. The summed E-state index contributed by atoms with van der Waals surface area (Å²) >= 11 is 3.30. The largest absolute Gasteiger partial charge is 0.361 e. The first-order valence-corrected chi connectivity index (χ1v) is 6.91. The zero-order chi connectivity index (χ0) is 14.2. The van der Waals surface area contributed by atoms with E-state index in [9.17, 15) is 4.79 Å². The third-order valence-electron chi connectivity index (χ3n) is 2.80. The minimum absolute atomic E-state index is 0.180. The maximum atomic E-state index is 12.0. The lowest BCUT2D eigenvalue weighted by Crippen LogP contribution is -2.15. The third-order valence-corrected chi connectivity index (χ3v) is 3.62. The van der Waals surface area contributed by atoms with E-state index in [0.717, 1.165) is 23.4 Å². The molecule has 0 aromatic carbocycles. The van der Waals surface area contributed by atoms with Gasteiger partial charge in [0, 0.05) is 0 Å². The maximum absolute atomic E-state index is 12.0. The minimum atomic E-state index is -0.180. The minimum Gasteiger partial charge on any atom is -0.361 e. The van der Waals surface area contributed by atoms with Gasteiger partial charge in [0.05, 0.1) is 17.0 Å². The Kier molecular flexibility index (Phi) is 3.89. The van der Waals surface area contributed by atoms with Gasteiger partial charge in [0.25, 0.3) is 5.56 Å². The van der Waals surface area contributed by atoms with Crippen molar-refractivity contribution in [3.63, 3.8) is 0 Å². The van der Waals surface area contributed by atoms with Gasteiger partial charge in [0.1, 0.15) is 16.1 Å². The molecule has 0 unspecified atom stereocenters. The lowest BCUT2D eigenvalue weighted by atomic mass is 10.1. The average molecular weight is 326 g/mol. The number of H-pyrrole nitrogens is 1. The quantitative estimate of drug-likeness (QED) is 0.941. The number of aromatic amines is 1. The zero-order valence-corrected chi connectivity index (χ0v) is 13.0. The Morgan fingerprint density at radius 2 is 2.05 bits per heavy atom. The molecule has 2 heterocycles. The van der Waals surface area contributed by atoms with Crippen LogP contribution in [0.25, 0.3) is 11.4 Å². The van der Waals surface area contributed by atoms with Crippen LogP contribution in [0.15, 0.2) is 13.8 Å². The number of rotatable bonds is 3. The molecule has 2 aromatic rings. The first-order valence-electron chi connectivity index (χ1n) is 6.12. The molecule has 6 heteroatoms. The highest BCUT2D eigenvalue weighted by Gasteiger charge is 2.17. The van der Waals surface area contributed by atoms with Gasteiger partial charge in [0.15, 0.2) is 0 Å². The van der Waals surface area contributed by atoms with E-state index in [1.807, 2.05) is 6.92 Å². The fourth-order valence-electron chi connectivity index (χ4n) is 1.97. The monoisotopic (exact) mass is 325 g/mol. The van der Waals surface area contributed by atoms with Crippen molar-refractivity contribution in [1.29, 1.82) is 0 Å². The molecular formula is C13H16BrN3O2. The molecule has 102 valence electrons. The lowest BCUT2D eigenvalue weighted by molar-refractivity contribution is 0.393. The second-order valence-corrected chi connectivity index (χ2v) is 5.77. The van der Waals surface area contributed by atoms with Crippen molar-refractivity contribution < 1.29 is 4.52 Å². The Bertz CT molecular complexity index is 639. The average Bonchev–Trinajstić information content (AvgIpc) is 2.64. The number of aryl methyl sites for hydroxylation is 2. The highest BCUT2D eigenvalue weighted by atomic mass is 79.9. The van der Waals surface area contributed by atoms with Crippen LogP contribution in [0.1, 0.15) is 31.0 Å². The van der Waals surface area contributed by atoms with Gasteiger partial charge < -0.3 is 9.51 Å². The van der Waals surface area contributed by atoms with E-state index >= 15 is 0 Å². The Balaban J connectivity index is 2.60. The van der Waals surface area contributed by atoms with Gasteiger partial charge in [-0.15, -0.1) is 0 Å². The molecule has 0 saturated heterocycles. The SMILES string of the molecule is Cc1noc(C)c1-c1nc(CC(C)C)c(Br)c(=O)[nH]1. The van der Waals surface area contributed by atoms with E-state index in [4.69, 9.17) is 4.52 Å². The summed E-state index contributed by atoms with van der Waals surface area (Å²) in [5.74, 6) is 1.58. The summed E-state index contributed by atoms with van der Waals surface area (Å²) in [7, 11) is 0. The highest BCUT2D eigenvalue weighted by molar-refractivity contribution is 9.10. The van der Waals surface area contributed by atoms with Crippen LogP contribution in [0.3, 0.4) is 0 Å². The number of aromatic nitrogens is 3. The van der Waals surface area contributed by atoms with Crippen LogP contribution in [0.2, 0.25) is 0 Å². The predicted molar refractivity (Wildman–Crippen MR) is 76.1 cm³/mol. The Morgan fingerprint density at radius 3 is 2.58 bits per heavy atom. The van der Waals surface area contributed by atoms with Crippen molar-refractivity contribution in [1.82, 2.24) is 15.1 Å². The van der Waals surface area contributed by atoms with Gasteiger partial charge in [-0.3, -0.25) is 4.79 Å². The molecule has 1 N–H and O–H groups in total. The standard InChI is InChI=1S/C13H16BrN3O2/c1-6(2)5-9-11(14)13(18)16-12(15-9)10-7(3)17-19-8(10)4/h6H,5H2,1-4H3,(H,15,16,18). The fourth-order valence-corrected chi connectivity index (χ4v) is 2.32. The molecule has 0 spiro atoms. The summed E-state index contributed by atoms with van der Waals surface area (Å²) < 4.78 is 5.61. The molecule has 0 radical (unpaired) electrons. The van der Waals surface area contributed by atoms with Crippen molar-refractivity contribution in [2.24, 2.45) is 5.92 Å². The highest BCUT2D eigenvalue weighted by Crippen LogP contribution is 2.24. The summed E-state index contributed by atoms with van der Waals surface area (Å²) in [5.41, 5.74) is 2.06. The first kappa shape index (κ1) is 14.0. The number of hydrogen-bond acceptors (Lipinski definition) is 4. The number of nitrogens with one attached hydrogen (secondary N) is 1. The molecule has 5 nitrogen and oxygen atoms in total. The summed E-state index contributed by atoms with van der Waals surface area (Å²) in [6.45, 7) is 7.81. The van der Waals surface area contributed by atoms with Crippen LogP contribution in [0.5, 0.6) is 0 Å². The molecule has 0 fully saturated rings. The molecule has 2 rings (SSSR count). The predicted octanol–water partition coefficient (Wildman–Crippen LogP) is 3.00. The van der Waals surface area contributed by atoms with E-state index in [2.05, 4.69) is 44.9 Å². The second-order valence-electron chi connectivity index (χ2n) is 4.97. The van der Waals surface area contributed by atoms with E-state index in [1.165, 1.54) is 0 Å². The van der Waals surface area contributed by atoms with Crippen LogP contribution in [-0.4, -0.2) is 15.1 Å². The molecule has 0 saturated carbocycles. The fraction of sp³-hybridized carbons (Fsp3) is 0.462. The molecule has 0 aliphatic heterocycles. The Hall–Kier alpha value is -1.43. The van der Waals surface area contributed by atoms with Crippen molar-refractivity contribution >= 4 is 15.9 Å². The van der Waals surface area contributed by atoms with Crippen molar-refractivity contribution in [2.75, 3.05) is 0 Å². The molecule has 2 aromatic heterocycles. The number of nitrogens with zero attached hydrogens (tertiary/aromatic N) is 2. The summed E-state index contributed by atoms with van der Waals surface area (Å²) in [6.07, 6.45) is 0.737. The van der Waals surface area contributed by atoms with Gasteiger partial charge in [-0.2, -0.15) is 0 Å². The lowest BCUT2D eigenvalue weighted by Gasteiger charge is -2.08. The van der Waals surface area contributed by atoms with Gasteiger partial charge in [-0.1, -0.05) is 19.0 Å². The van der Waals surface area contributed by atoms with Gasteiger partial charge in [-0.25, -0.2) is 4.98 Å². The van der Waals surface area contributed by atoms with Gasteiger partial charge >= 0.3 is 0 Å². The van der Waals surface area contributed by atoms with E-state index in [0.29, 0.717) is 22.0 Å².